The van der Waals surface area contributed by atoms with Gasteiger partial charge in [-0.05, 0) is 11.6 Å². The summed E-state index contributed by atoms with van der Waals surface area (Å²) in [6.07, 6.45) is 7.50. The third-order valence-corrected chi connectivity index (χ3v) is 6.54. The summed E-state index contributed by atoms with van der Waals surface area (Å²) in [7, 11) is 1.67. The van der Waals surface area contributed by atoms with Crippen LogP contribution in [0.4, 0.5) is 5.82 Å². The minimum atomic E-state index is -0.464. The van der Waals surface area contributed by atoms with Crippen molar-refractivity contribution in [3.63, 3.8) is 0 Å². The Labute approximate surface area is 226 Å². The molecule has 0 unspecified atom stereocenters. The Hall–Kier alpha value is -4.76. The number of benzene rings is 2. The maximum atomic E-state index is 13.5. The van der Waals surface area contributed by atoms with Crippen LogP contribution in [0.1, 0.15) is 23.0 Å². The first kappa shape index (κ1) is 25.9. The van der Waals surface area contributed by atoms with Crippen molar-refractivity contribution >= 4 is 28.7 Å². The highest BCUT2D eigenvalue weighted by molar-refractivity contribution is 6.01. The molecule has 4 aromatic rings. The van der Waals surface area contributed by atoms with Crippen LogP contribution < -0.4 is 10.6 Å². The summed E-state index contributed by atoms with van der Waals surface area (Å²) in [5.74, 6) is 0.766. The topological polar surface area (TPSA) is 112 Å². The molecule has 0 saturated heterocycles. The molecule has 0 bridgehead atoms. The largest absolute Gasteiger partial charge is 0.383 e. The van der Waals surface area contributed by atoms with Gasteiger partial charge in [-0.25, -0.2) is 9.97 Å². The van der Waals surface area contributed by atoms with Crippen LogP contribution in [0, 0.1) is 0 Å². The summed E-state index contributed by atoms with van der Waals surface area (Å²) in [5.41, 5.74) is 2.38. The van der Waals surface area contributed by atoms with E-state index in [1.54, 1.807) is 25.6 Å². The van der Waals surface area contributed by atoms with E-state index in [9.17, 15) is 9.59 Å². The number of fused-ring (bicyclic) bond motifs is 1. The minimum absolute atomic E-state index is 0.103. The van der Waals surface area contributed by atoms with Crippen LogP contribution in [0.5, 0.6) is 0 Å². The fraction of sp³-hybridized carbons (Fsp3) is 0.200. The number of aromatic nitrogens is 3. The Balaban J connectivity index is 1.44. The van der Waals surface area contributed by atoms with E-state index >= 15 is 0 Å². The van der Waals surface area contributed by atoms with E-state index in [0.29, 0.717) is 48.1 Å². The van der Waals surface area contributed by atoms with Gasteiger partial charge in [-0.1, -0.05) is 72.8 Å². The van der Waals surface area contributed by atoms with Gasteiger partial charge < -0.3 is 20.4 Å². The van der Waals surface area contributed by atoms with Crippen molar-refractivity contribution in [2.24, 2.45) is 0 Å². The second-order valence-corrected chi connectivity index (χ2v) is 9.30. The van der Waals surface area contributed by atoms with Crippen LogP contribution >= 0.6 is 0 Å². The minimum Gasteiger partial charge on any atom is -0.383 e. The monoisotopic (exact) mass is 522 g/mol. The quantitative estimate of drug-likeness (QED) is 0.284. The molecule has 3 heterocycles. The Kier molecular flexibility index (Phi) is 7.51. The number of carbonyl (C=O) groups is 2. The molecule has 39 heavy (non-hydrogen) atoms. The molecule has 2 amide bonds. The van der Waals surface area contributed by atoms with E-state index in [1.165, 1.54) is 11.8 Å². The second-order valence-electron chi connectivity index (χ2n) is 9.30. The Bertz CT molecular complexity index is 1510. The second kappa shape index (κ2) is 11.3. The lowest BCUT2D eigenvalue weighted by molar-refractivity contribution is -0.118. The van der Waals surface area contributed by atoms with Gasteiger partial charge in [0.25, 0.3) is 5.91 Å². The van der Waals surface area contributed by atoms with E-state index in [4.69, 9.17) is 14.7 Å². The van der Waals surface area contributed by atoms with E-state index < -0.39 is 5.41 Å². The molecule has 0 saturated carbocycles. The van der Waals surface area contributed by atoms with Crippen molar-refractivity contribution in [3.8, 4) is 11.4 Å². The van der Waals surface area contributed by atoms with Gasteiger partial charge in [0.2, 0.25) is 5.91 Å². The SMILES string of the molecule is COCC1(c2ccccc2)C=CN(C(=O)c2cc3c(NCCNC(C)=O)nc(-c4ccccc4)nc3[nH]2)C=C1. The molecule has 0 atom stereocenters. The number of nitrogens with zero attached hydrogens (tertiary/aromatic N) is 3. The number of aromatic amines is 1. The van der Waals surface area contributed by atoms with Gasteiger partial charge in [0.1, 0.15) is 17.2 Å². The molecule has 0 radical (unpaired) electrons. The molecule has 9 heteroatoms. The van der Waals surface area contributed by atoms with Crippen molar-refractivity contribution in [1.29, 1.82) is 0 Å². The highest BCUT2D eigenvalue weighted by Gasteiger charge is 2.30. The molecule has 1 aliphatic heterocycles. The number of hydrogen-bond donors (Lipinski definition) is 3. The lowest BCUT2D eigenvalue weighted by Gasteiger charge is -2.31. The average Bonchev–Trinajstić information content (AvgIpc) is 3.41. The third-order valence-electron chi connectivity index (χ3n) is 6.54. The fourth-order valence-electron chi connectivity index (χ4n) is 4.56. The summed E-state index contributed by atoms with van der Waals surface area (Å²) < 4.78 is 5.52. The van der Waals surface area contributed by atoms with Crippen LogP contribution in [0.2, 0.25) is 0 Å². The van der Waals surface area contributed by atoms with Gasteiger partial charge in [-0.2, -0.15) is 0 Å². The van der Waals surface area contributed by atoms with Gasteiger partial charge in [0.15, 0.2) is 5.82 Å². The van der Waals surface area contributed by atoms with Crippen molar-refractivity contribution in [1.82, 2.24) is 25.2 Å². The lowest BCUT2D eigenvalue weighted by Crippen LogP contribution is -2.33. The summed E-state index contributed by atoms with van der Waals surface area (Å²) >= 11 is 0. The first-order valence-corrected chi connectivity index (χ1v) is 12.7. The molecule has 9 nitrogen and oxygen atoms in total. The van der Waals surface area contributed by atoms with Crippen LogP contribution in [-0.4, -0.2) is 58.5 Å². The first-order chi connectivity index (χ1) is 19.0. The zero-order chi connectivity index (χ0) is 27.2. The molecule has 2 aromatic heterocycles. The van der Waals surface area contributed by atoms with Crippen LogP contribution in [0.25, 0.3) is 22.4 Å². The number of hydrogen-bond acceptors (Lipinski definition) is 6. The Morgan fingerprint density at radius 1 is 0.974 bits per heavy atom. The molecule has 0 fully saturated rings. The summed E-state index contributed by atoms with van der Waals surface area (Å²) in [6, 6.07) is 21.4. The number of nitrogens with one attached hydrogen (secondary N) is 3. The average molecular weight is 523 g/mol. The van der Waals surface area contributed by atoms with E-state index in [1.807, 2.05) is 72.8 Å². The molecule has 0 spiro atoms. The van der Waals surface area contributed by atoms with E-state index in [2.05, 4.69) is 15.6 Å². The molecule has 198 valence electrons. The van der Waals surface area contributed by atoms with Crippen LogP contribution in [0.15, 0.2) is 91.3 Å². The number of H-pyrrole nitrogens is 1. The highest BCUT2D eigenvalue weighted by atomic mass is 16.5. The first-order valence-electron chi connectivity index (χ1n) is 12.7. The predicted octanol–water partition coefficient (Wildman–Crippen LogP) is 4.24. The van der Waals surface area contributed by atoms with Gasteiger partial charge in [0.05, 0.1) is 17.4 Å². The highest BCUT2D eigenvalue weighted by Crippen LogP contribution is 2.32. The third kappa shape index (κ3) is 5.58. The fourth-order valence-corrected chi connectivity index (χ4v) is 4.56. The number of ether oxygens (including phenoxy) is 1. The number of carbonyl (C=O) groups excluding carboxylic acids is 2. The van der Waals surface area contributed by atoms with Gasteiger partial charge in [0, 0.05) is 45.1 Å². The summed E-state index contributed by atoms with van der Waals surface area (Å²) in [6.45, 7) is 2.83. The number of rotatable bonds is 9. The lowest BCUT2D eigenvalue weighted by atomic mass is 9.80. The molecule has 1 aliphatic rings. The van der Waals surface area contributed by atoms with Gasteiger partial charge >= 0.3 is 0 Å². The number of amides is 2. The Morgan fingerprint density at radius 3 is 2.33 bits per heavy atom. The van der Waals surface area contributed by atoms with Crippen LogP contribution in [0.3, 0.4) is 0 Å². The Morgan fingerprint density at radius 2 is 1.67 bits per heavy atom. The molecular formula is C30H30N6O3. The van der Waals surface area contributed by atoms with Crippen molar-refractivity contribution in [2.45, 2.75) is 12.3 Å². The number of methoxy groups -OCH3 is 1. The zero-order valence-electron chi connectivity index (χ0n) is 21.8. The normalized spacial score (nSPS) is 13.9. The van der Waals surface area contributed by atoms with Crippen molar-refractivity contribution in [3.05, 3.63) is 103 Å². The maximum Gasteiger partial charge on any atom is 0.278 e. The van der Waals surface area contributed by atoms with Crippen LogP contribution in [-0.2, 0) is 14.9 Å². The van der Waals surface area contributed by atoms with Crippen molar-refractivity contribution in [2.75, 3.05) is 32.1 Å². The van der Waals surface area contributed by atoms with Gasteiger partial charge in [-0.3, -0.25) is 14.5 Å². The molecular weight excluding hydrogens is 492 g/mol. The van der Waals surface area contributed by atoms with Crippen molar-refractivity contribution < 1.29 is 14.3 Å². The predicted molar refractivity (Wildman–Crippen MR) is 151 cm³/mol. The van der Waals surface area contributed by atoms with E-state index in [0.717, 1.165) is 11.1 Å². The standard InChI is InChI=1S/C30H30N6O3/c1-21(37)31-15-16-32-27-24-19-25(33-28(24)35-26(34-27)22-9-5-3-6-10-22)29(38)36-17-13-30(14-18-36,20-39-2)23-11-7-4-8-12-23/h3-14,17-19H,15-16,20H2,1-2H3,(H,31,37)(H2,32,33,34,35). The van der Waals surface area contributed by atoms with E-state index in [-0.39, 0.29) is 11.8 Å². The summed E-state index contributed by atoms with van der Waals surface area (Å²) in [4.78, 5) is 38.9. The zero-order valence-corrected chi connectivity index (χ0v) is 21.8. The molecule has 3 N–H and O–H groups in total. The smallest absolute Gasteiger partial charge is 0.278 e. The van der Waals surface area contributed by atoms with Gasteiger partial charge in [-0.15, -0.1) is 0 Å². The molecule has 2 aromatic carbocycles. The maximum absolute atomic E-state index is 13.5. The molecule has 5 rings (SSSR count). The summed E-state index contributed by atoms with van der Waals surface area (Å²) in [5, 5.41) is 6.73. The molecule has 0 aliphatic carbocycles. The number of anilines is 1.